The van der Waals surface area contributed by atoms with Crippen molar-refractivity contribution in [3.05, 3.63) is 65.8 Å². The molecule has 0 aliphatic carbocycles. The molecule has 3 aromatic rings. The maximum Gasteiger partial charge on any atom is 0.249 e. The molecule has 29 heavy (non-hydrogen) atoms. The largest absolute Gasteiger partial charge is 0.497 e. The summed E-state index contributed by atoms with van der Waals surface area (Å²) in [6, 6.07) is 12.8. The minimum absolute atomic E-state index is 0.0887. The number of hydrogen-bond donors (Lipinski definition) is 1. The fourth-order valence-electron chi connectivity index (χ4n) is 2.94. The van der Waals surface area contributed by atoms with Crippen LogP contribution in [0.15, 0.2) is 53.1 Å². The highest BCUT2D eigenvalue weighted by molar-refractivity contribution is 5.79. The van der Waals surface area contributed by atoms with Crippen molar-refractivity contribution in [3.8, 4) is 17.1 Å². The standard InChI is InChI=1S/C22H24FN3O3/c1-4-14(2)20(24-19(27)12-15-8-10-17(23)11-9-15)22-25-21(26-29-22)16-6-5-7-18(13-16)28-3/h5-11,13-14,20H,4,12H2,1-3H3,(H,24,27). The first kappa shape index (κ1) is 20.5. The third-order valence-corrected chi connectivity index (χ3v) is 4.84. The minimum Gasteiger partial charge on any atom is -0.497 e. The van der Waals surface area contributed by atoms with Gasteiger partial charge < -0.3 is 14.6 Å². The van der Waals surface area contributed by atoms with E-state index in [0.717, 1.165) is 17.5 Å². The zero-order valence-corrected chi connectivity index (χ0v) is 16.7. The Bertz CT molecular complexity index is 956. The van der Waals surface area contributed by atoms with E-state index < -0.39 is 6.04 Å². The molecule has 0 saturated carbocycles. The summed E-state index contributed by atoms with van der Waals surface area (Å²) in [5.41, 5.74) is 1.49. The average molecular weight is 397 g/mol. The monoisotopic (exact) mass is 397 g/mol. The smallest absolute Gasteiger partial charge is 0.249 e. The summed E-state index contributed by atoms with van der Waals surface area (Å²) in [6.07, 6.45) is 0.961. The number of rotatable bonds is 8. The van der Waals surface area contributed by atoms with Crippen molar-refractivity contribution in [1.29, 1.82) is 0 Å². The Labute approximate surface area is 169 Å². The van der Waals surface area contributed by atoms with Crippen molar-refractivity contribution in [1.82, 2.24) is 15.5 Å². The number of methoxy groups -OCH3 is 1. The zero-order valence-electron chi connectivity index (χ0n) is 16.7. The zero-order chi connectivity index (χ0) is 20.8. The highest BCUT2D eigenvalue weighted by Crippen LogP contribution is 2.27. The number of benzene rings is 2. The van der Waals surface area contributed by atoms with Crippen LogP contribution >= 0.6 is 0 Å². The first-order valence-electron chi connectivity index (χ1n) is 9.52. The lowest BCUT2D eigenvalue weighted by molar-refractivity contribution is -0.121. The maximum atomic E-state index is 13.1. The second-order valence-electron chi connectivity index (χ2n) is 6.92. The molecule has 0 fully saturated rings. The topological polar surface area (TPSA) is 77.2 Å². The summed E-state index contributed by atoms with van der Waals surface area (Å²) in [7, 11) is 1.59. The number of hydrogen-bond acceptors (Lipinski definition) is 5. The van der Waals surface area contributed by atoms with E-state index in [1.165, 1.54) is 12.1 Å². The Hall–Kier alpha value is -3.22. The molecule has 1 heterocycles. The van der Waals surface area contributed by atoms with Gasteiger partial charge >= 0.3 is 0 Å². The predicted molar refractivity (Wildman–Crippen MR) is 107 cm³/mol. The lowest BCUT2D eigenvalue weighted by atomic mass is 9.98. The van der Waals surface area contributed by atoms with Gasteiger partial charge in [-0.15, -0.1) is 0 Å². The Kier molecular flexibility index (Phi) is 6.59. The second kappa shape index (κ2) is 9.32. The molecule has 1 amide bonds. The van der Waals surface area contributed by atoms with E-state index in [1.54, 1.807) is 19.2 Å². The van der Waals surface area contributed by atoms with Crippen LogP contribution in [0.2, 0.25) is 0 Å². The number of aromatic nitrogens is 2. The molecule has 0 radical (unpaired) electrons. The van der Waals surface area contributed by atoms with Crippen LogP contribution in [0.1, 0.15) is 37.8 Å². The van der Waals surface area contributed by atoms with Gasteiger partial charge in [0.15, 0.2) is 0 Å². The van der Waals surface area contributed by atoms with Crippen LogP contribution in [0.25, 0.3) is 11.4 Å². The van der Waals surface area contributed by atoms with E-state index in [9.17, 15) is 9.18 Å². The Morgan fingerprint density at radius 1 is 1.24 bits per heavy atom. The van der Waals surface area contributed by atoms with E-state index in [0.29, 0.717) is 17.5 Å². The maximum absolute atomic E-state index is 13.1. The lowest BCUT2D eigenvalue weighted by Gasteiger charge is -2.20. The Morgan fingerprint density at radius 2 is 2.00 bits per heavy atom. The molecule has 0 saturated heterocycles. The van der Waals surface area contributed by atoms with E-state index in [2.05, 4.69) is 15.5 Å². The first-order chi connectivity index (χ1) is 14.0. The van der Waals surface area contributed by atoms with Crippen LogP contribution in [0.4, 0.5) is 4.39 Å². The molecule has 1 aromatic heterocycles. The average Bonchev–Trinajstić information content (AvgIpc) is 3.23. The SMILES string of the molecule is CCC(C)C(NC(=O)Cc1ccc(F)cc1)c1nc(-c2cccc(OC)c2)no1. The van der Waals surface area contributed by atoms with Crippen molar-refractivity contribution < 1.29 is 18.4 Å². The molecular formula is C22H24FN3O3. The predicted octanol–water partition coefficient (Wildman–Crippen LogP) is 4.33. The molecule has 2 unspecified atom stereocenters. The molecule has 0 bridgehead atoms. The van der Waals surface area contributed by atoms with Crippen molar-refractivity contribution >= 4 is 5.91 Å². The van der Waals surface area contributed by atoms with Gasteiger partial charge in [-0.25, -0.2) is 4.39 Å². The molecule has 7 heteroatoms. The summed E-state index contributed by atoms with van der Waals surface area (Å²) in [4.78, 5) is 17.0. The third-order valence-electron chi connectivity index (χ3n) is 4.84. The number of amides is 1. The quantitative estimate of drug-likeness (QED) is 0.612. The number of nitrogens with zero attached hydrogens (tertiary/aromatic N) is 2. The highest BCUT2D eigenvalue weighted by Gasteiger charge is 2.26. The van der Waals surface area contributed by atoms with Crippen molar-refractivity contribution in [2.75, 3.05) is 7.11 Å². The number of halogens is 1. The van der Waals surface area contributed by atoms with Gasteiger partial charge in [0.05, 0.1) is 13.5 Å². The van der Waals surface area contributed by atoms with Crippen LogP contribution < -0.4 is 10.1 Å². The minimum atomic E-state index is -0.417. The van der Waals surface area contributed by atoms with Gasteiger partial charge in [-0.3, -0.25) is 4.79 Å². The van der Waals surface area contributed by atoms with Gasteiger partial charge in [0.1, 0.15) is 17.6 Å². The Morgan fingerprint density at radius 3 is 2.69 bits per heavy atom. The van der Waals surface area contributed by atoms with Crippen molar-refractivity contribution in [2.24, 2.45) is 5.92 Å². The normalized spacial score (nSPS) is 13.0. The van der Waals surface area contributed by atoms with Crippen molar-refractivity contribution in [2.45, 2.75) is 32.7 Å². The summed E-state index contributed by atoms with van der Waals surface area (Å²) < 4.78 is 23.8. The van der Waals surface area contributed by atoms with Crippen LogP contribution in [0.3, 0.4) is 0 Å². The molecule has 0 aliphatic heterocycles. The fourth-order valence-corrected chi connectivity index (χ4v) is 2.94. The van der Waals surface area contributed by atoms with Gasteiger partial charge in [0.2, 0.25) is 17.6 Å². The third kappa shape index (κ3) is 5.19. The molecule has 2 aromatic carbocycles. The number of nitrogens with one attached hydrogen (secondary N) is 1. The van der Waals surface area contributed by atoms with Gasteiger partial charge in [-0.1, -0.05) is 49.7 Å². The van der Waals surface area contributed by atoms with E-state index in [-0.39, 0.29) is 24.1 Å². The first-order valence-corrected chi connectivity index (χ1v) is 9.52. The van der Waals surface area contributed by atoms with E-state index in [1.807, 2.05) is 38.1 Å². The molecule has 152 valence electrons. The molecule has 2 atom stereocenters. The van der Waals surface area contributed by atoms with Crippen LogP contribution in [0.5, 0.6) is 5.75 Å². The van der Waals surface area contributed by atoms with Crippen molar-refractivity contribution in [3.63, 3.8) is 0 Å². The number of ether oxygens (including phenoxy) is 1. The lowest BCUT2D eigenvalue weighted by Crippen LogP contribution is -2.33. The summed E-state index contributed by atoms with van der Waals surface area (Å²) in [5, 5.41) is 7.05. The molecule has 1 N–H and O–H groups in total. The van der Waals surface area contributed by atoms with Gasteiger partial charge in [0.25, 0.3) is 0 Å². The van der Waals surface area contributed by atoms with Crippen LogP contribution in [0, 0.1) is 11.7 Å². The molecule has 0 spiro atoms. The van der Waals surface area contributed by atoms with Gasteiger partial charge in [-0.05, 0) is 35.7 Å². The number of carbonyl (C=O) groups excluding carboxylic acids is 1. The molecule has 6 nitrogen and oxygen atoms in total. The van der Waals surface area contributed by atoms with E-state index >= 15 is 0 Å². The molecule has 0 aliphatic rings. The fraction of sp³-hybridized carbons (Fsp3) is 0.318. The Balaban J connectivity index is 1.77. The molecular weight excluding hydrogens is 373 g/mol. The van der Waals surface area contributed by atoms with Crippen LogP contribution in [-0.4, -0.2) is 23.2 Å². The summed E-state index contributed by atoms with van der Waals surface area (Å²) in [6.45, 7) is 4.04. The van der Waals surface area contributed by atoms with E-state index in [4.69, 9.17) is 9.26 Å². The summed E-state index contributed by atoms with van der Waals surface area (Å²) >= 11 is 0. The highest BCUT2D eigenvalue weighted by atomic mass is 19.1. The summed E-state index contributed by atoms with van der Waals surface area (Å²) in [5.74, 6) is 1.04. The van der Waals surface area contributed by atoms with Crippen LogP contribution in [-0.2, 0) is 11.2 Å². The second-order valence-corrected chi connectivity index (χ2v) is 6.92. The van der Waals surface area contributed by atoms with Gasteiger partial charge in [-0.2, -0.15) is 4.98 Å². The number of carbonyl (C=O) groups is 1. The van der Waals surface area contributed by atoms with Gasteiger partial charge in [0, 0.05) is 5.56 Å². The molecule has 3 rings (SSSR count).